The third-order valence-corrected chi connectivity index (χ3v) is 2.31. The summed E-state index contributed by atoms with van der Waals surface area (Å²) < 4.78 is 0. The molecule has 18 heavy (non-hydrogen) atoms. The van der Waals surface area contributed by atoms with Crippen molar-refractivity contribution in [1.29, 1.82) is 0 Å². The smallest absolute Gasteiger partial charge is 0.250 e. The average Bonchev–Trinajstić information content (AvgIpc) is 2.31. The van der Waals surface area contributed by atoms with Crippen LogP contribution in [0.2, 0.25) is 0 Å². The van der Waals surface area contributed by atoms with Crippen LogP contribution in [0.25, 0.3) is 0 Å². The molecular weight excluding hydrogens is 234 g/mol. The monoisotopic (exact) mass is 251 g/mol. The fourth-order valence-corrected chi connectivity index (χ4v) is 1.42. The molecule has 7 heteroatoms. The molecule has 2 amide bonds. The van der Waals surface area contributed by atoms with E-state index >= 15 is 0 Å². The highest BCUT2D eigenvalue weighted by Gasteiger charge is 2.15. The first-order valence-electron chi connectivity index (χ1n) is 5.55. The van der Waals surface area contributed by atoms with Crippen LogP contribution in [-0.2, 0) is 4.79 Å². The van der Waals surface area contributed by atoms with Gasteiger partial charge in [0.1, 0.15) is 11.9 Å². The van der Waals surface area contributed by atoms with Gasteiger partial charge in [0.2, 0.25) is 5.91 Å². The lowest BCUT2D eigenvalue weighted by Crippen LogP contribution is -2.37. The number of anilines is 2. The van der Waals surface area contributed by atoms with Gasteiger partial charge in [-0.25, -0.2) is 4.98 Å². The van der Waals surface area contributed by atoms with Crippen molar-refractivity contribution in [3.63, 3.8) is 0 Å². The number of amides is 2. The Kier molecular flexibility index (Phi) is 4.47. The topological polar surface area (TPSA) is 123 Å². The van der Waals surface area contributed by atoms with Gasteiger partial charge in [0.15, 0.2) is 0 Å². The maximum absolute atomic E-state index is 11.6. The molecule has 0 aliphatic heterocycles. The van der Waals surface area contributed by atoms with Crippen molar-refractivity contribution in [2.24, 2.45) is 5.73 Å². The fraction of sp³-hybridized carbons (Fsp3) is 0.364. The van der Waals surface area contributed by atoms with Gasteiger partial charge >= 0.3 is 0 Å². The van der Waals surface area contributed by atoms with Gasteiger partial charge in [0.05, 0.1) is 17.4 Å². The molecule has 1 aromatic rings. The molecule has 98 valence electrons. The number of primary amides is 1. The summed E-state index contributed by atoms with van der Waals surface area (Å²) in [6, 6.07) is 0.864. The lowest BCUT2D eigenvalue weighted by Gasteiger charge is -2.16. The van der Waals surface area contributed by atoms with Crippen molar-refractivity contribution >= 4 is 23.3 Å². The number of carbonyl (C=O) groups is 2. The number of carbonyl (C=O) groups excluding carboxylic acids is 2. The Morgan fingerprint density at radius 2 is 2.17 bits per heavy atom. The van der Waals surface area contributed by atoms with E-state index < -0.39 is 11.9 Å². The minimum atomic E-state index is -0.630. The second-order valence-electron chi connectivity index (χ2n) is 3.78. The van der Waals surface area contributed by atoms with E-state index in [9.17, 15) is 9.59 Å². The molecule has 0 spiro atoms. The Bertz CT molecular complexity index is 461. The number of nitrogens with zero attached hydrogens (tertiary/aromatic N) is 1. The summed E-state index contributed by atoms with van der Waals surface area (Å²) in [7, 11) is 0. The van der Waals surface area contributed by atoms with Crippen LogP contribution in [0.4, 0.5) is 11.5 Å². The number of pyridine rings is 1. The maximum atomic E-state index is 11.6. The van der Waals surface area contributed by atoms with Crippen molar-refractivity contribution < 1.29 is 9.59 Å². The lowest BCUT2D eigenvalue weighted by molar-refractivity contribution is -0.121. The molecule has 0 radical (unpaired) electrons. The summed E-state index contributed by atoms with van der Waals surface area (Å²) in [6.07, 6.45) is 1.38. The molecule has 1 rings (SSSR count). The maximum Gasteiger partial charge on any atom is 0.250 e. The molecule has 1 unspecified atom stereocenters. The lowest BCUT2D eigenvalue weighted by atomic mass is 10.2. The summed E-state index contributed by atoms with van der Waals surface area (Å²) in [4.78, 5) is 26.7. The van der Waals surface area contributed by atoms with Crippen LogP contribution in [0.5, 0.6) is 0 Å². The first-order valence-corrected chi connectivity index (χ1v) is 5.55. The molecule has 1 atom stereocenters. The molecule has 0 fully saturated rings. The van der Waals surface area contributed by atoms with Gasteiger partial charge in [-0.1, -0.05) is 0 Å². The normalized spacial score (nSPS) is 11.7. The van der Waals surface area contributed by atoms with Crippen molar-refractivity contribution in [1.82, 2.24) is 10.3 Å². The summed E-state index contributed by atoms with van der Waals surface area (Å²) in [5, 5.41) is 5.54. The highest BCUT2D eigenvalue weighted by Crippen LogP contribution is 2.16. The van der Waals surface area contributed by atoms with E-state index in [0.29, 0.717) is 12.2 Å². The van der Waals surface area contributed by atoms with Crippen LogP contribution in [0.1, 0.15) is 24.2 Å². The number of hydrogen-bond donors (Lipinski definition) is 4. The molecule has 0 aliphatic carbocycles. The number of hydrogen-bond acceptors (Lipinski definition) is 5. The first-order chi connectivity index (χ1) is 8.45. The molecule has 1 heterocycles. The van der Waals surface area contributed by atoms with Crippen LogP contribution in [0, 0.1) is 0 Å². The first kappa shape index (κ1) is 13.8. The molecule has 7 nitrogen and oxygen atoms in total. The average molecular weight is 251 g/mol. The zero-order valence-corrected chi connectivity index (χ0v) is 10.4. The van der Waals surface area contributed by atoms with Gasteiger partial charge < -0.3 is 22.1 Å². The van der Waals surface area contributed by atoms with Gasteiger partial charge in [-0.2, -0.15) is 0 Å². The Labute approximate surface area is 105 Å². The van der Waals surface area contributed by atoms with E-state index in [-0.39, 0.29) is 17.3 Å². The number of nitrogens with one attached hydrogen (secondary N) is 2. The van der Waals surface area contributed by atoms with Crippen LogP contribution < -0.4 is 22.1 Å². The molecule has 0 saturated carbocycles. The van der Waals surface area contributed by atoms with Crippen LogP contribution in [0.3, 0.4) is 0 Å². The van der Waals surface area contributed by atoms with E-state index in [1.807, 2.05) is 6.92 Å². The summed E-state index contributed by atoms with van der Waals surface area (Å²) in [5.74, 6) is -0.612. The third kappa shape index (κ3) is 3.34. The fourth-order valence-electron chi connectivity index (χ4n) is 1.42. The van der Waals surface area contributed by atoms with Crippen molar-refractivity contribution in [3.05, 3.63) is 17.8 Å². The van der Waals surface area contributed by atoms with E-state index in [0.717, 1.165) is 0 Å². The summed E-state index contributed by atoms with van der Waals surface area (Å²) in [5.41, 5.74) is 11.3. The zero-order chi connectivity index (χ0) is 13.7. The van der Waals surface area contributed by atoms with Crippen LogP contribution in [0.15, 0.2) is 12.3 Å². The van der Waals surface area contributed by atoms with Gasteiger partial charge in [0.25, 0.3) is 5.91 Å². The van der Waals surface area contributed by atoms with E-state index in [4.69, 9.17) is 11.5 Å². The molecule has 0 bridgehead atoms. The largest absolute Gasteiger partial charge is 0.384 e. The van der Waals surface area contributed by atoms with Crippen molar-refractivity contribution in [2.45, 2.75) is 19.9 Å². The predicted octanol–water partition coefficient (Wildman–Crippen LogP) is -0.301. The van der Waals surface area contributed by atoms with Gasteiger partial charge in [0, 0.05) is 6.54 Å². The Hall–Kier alpha value is -2.31. The standard InChI is InChI=1S/C11H17N5O2/c1-3-14-11(18)6(2)16-8-5-15-9(12)4-7(8)10(13)17/h4-6,16H,3H2,1-2H3,(H2,12,15)(H2,13,17)(H,14,18). The zero-order valence-electron chi connectivity index (χ0n) is 10.4. The highest BCUT2D eigenvalue weighted by atomic mass is 16.2. The molecular formula is C11H17N5O2. The molecule has 0 aromatic carbocycles. The van der Waals surface area contributed by atoms with Gasteiger partial charge in [-0.05, 0) is 19.9 Å². The molecule has 0 saturated heterocycles. The SMILES string of the molecule is CCNC(=O)C(C)Nc1cnc(N)cc1C(N)=O. The molecule has 0 aliphatic rings. The Balaban J connectivity index is 2.90. The third-order valence-electron chi connectivity index (χ3n) is 2.31. The second kappa shape index (κ2) is 5.85. The molecule has 1 aromatic heterocycles. The summed E-state index contributed by atoms with van der Waals surface area (Å²) >= 11 is 0. The number of rotatable bonds is 5. The highest BCUT2D eigenvalue weighted by molar-refractivity contribution is 5.99. The number of likely N-dealkylation sites (N-methyl/N-ethyl adjacent to an activating group) is 1. The van der Waals surface area contributed by atoms with Crippen molar-refractivity contribution in [3.8, 4) is 0 Å². The predicted molar refractivity (Wildman–Crippen MR) is 68.9 cm³/mol. The van der Waals surface area contributed by atoms with E-state index in [1.54, 1.807) is 6.92 Å². The number of nitrogen functional groups attached to an aromatic ring is 1. The molecule has 6 N–H and O–H groups in total. The van der Waals surface area contributed by atoms with Gasteiger partial charge in [-0.3, -0.25) is 9.59 Å². The number of nitrogens with two attached hydrogens (primary N) is 2. The van der Waals surface area contributed by atoms with E-state index in [1.165, 1.54) is 12.3 Å². The number of aromatic nitrogens is 1. The summed E-state index contributed by atoms with van der Waals surface area (Å²) in [6.45, 7) is 4.03. The van der Waals surface area contributed by atoms with Crippen LogP contribution in [-0.4, -0.2) is 29.4 Å². The van der Waals surface area contributed by atoms with Crippen LogP contribution >= 0.6 is 0 Å². The van der Waals surface area contributed by atoms with Gasteiger partial charge in [-0.15, -0.1) is 0 Å². The van der Waals surface area contributed by atoms with Crippen molar-refractivity contribution in [2.75, 3.05) is 17.6 Å². The minimum Gasteiger partial charge on any atom is -0.384 e. The Morgan fingerprint density at radius 3 is 2.72 bits per heavy atom. The second-order valence-corrected chi connectivity index (χ2v) is 3.78. The Morgan fingerprint density at radius 1 is 1.50 bits per heavy atom. The van der Waals surface area contributed by atoms with E-state index in [2.05, 4.69) is 15.6 Å². The minimum absolute atomic E-state index is 0.176. The quantitative estimate of drug-likeness (QED) is 0.572.